The van der Waals surface area contributed by atoms with Crippen LogP contribution in [0.25, 0.3) is 0 Å². The summed E-state index contributed by atoms with van der Waals surface area (Å²) in [6.45, 7) is 9.48. The summed E-state index contributed by atoms with van der Waals surface area (Å²) in [5.41, 5.74) is 1.92. The molecule has 0 aliphatic carbocycles. The third kappa shape index (κ3) is 3.36. The van der Waals surface area contributed by atoms with Crippen molar-refractivity contribution < 1.29 is 9.59 Å². The third-order valence-corrected chi connectivity index (χ3v) is 6.68. The number of amides is 2. The van der Waals surface area contributed by atoms with Crippen molar-refractivity contribution in [3.05, 3.63) is 24.3 Å². The molecule has 3 rings (SSSR count). The second kappa shape index (κ2) is 6.90. The highest BCUT2D eigenvalue weighted by Crippen LogP contribution is 2.47. The molecule has 136 valence electrons. The lowest BCUT2D eigenvalue weighted by atomic mass is 10.2. The largest absolute Gasteiger partial charge is 0.369 e. The fourth-order valence-electron chi connectivity index (χ4n) is 3.82. The van der Waals surface area contributed by atoms with Crippen LogP contribution in [0.4, 0.5) is 11.4 Å². The molecule has 1 N–H and O–H groups in total. The van der Waals surface area contributed by atoms with Crippen LogP contribution in [0.3, 0.4) is 0 Å². The number of nitrogens with one attached hydrogen (secondary N) is 1. The van der Waals surface area contributed by atoms with Gasteiger partial charge in [0.1, 0.15) is 6.04 Å². The number of thioether (sulfide) groups is 1. The van der Waals surface area contributed by atoms with E-state index in [4.69, 9.17) is 0 Å². The first-order valence-corrected chi connectivity index (χ1v) is 9.98. The van der Waals surface area contributed by atoms with Gasteiger partial charge in [-0.15, -0.1) is 11.8 Å². The second-order valence-corrected chi connectivity index (χ2v) is 8.68. The zero-order valence-corrected chi connectivity index (χ0v) is 16.2. The number of hydrogen-bond donors (Lipinski definition) is 1. The third-order valence-electron chi connectivity index (χ3n) is 5.18. The van der Waals surface area contributed by atoms with E-state index >= 15 is 0 Å². The maximum Gasteiger partial charge on any atom is 0.248 e. The molecule has 2 amide bonds. The van der Waals surface area contributed by atoms with E-state index in [-0.39, 0.29) is 22.7 Å². The zero-order valence-electron chi connectivity index (χ0n) is 15.4. The van der Waals surface area contributed by atoms with Crippen molar-refractivity contribution in [3.8, 4) is 0 Å². The Bertz CT molecular complexity index is 661. The minimum Gasteiger partial charge on any atom is -0.369 e. The van der Waals surface area contributed by atoms with Crippen LogP contribution in [-0.4, -0.2) is 46.0 Å². The van der Waals surface area contributed by atoms with Crippen LogP contribution < -0.4 is 10.2 Å². The molecule has 2 aliphatic heterocycles. The van der Waals surface area contributed by atoms with E-state index in [2.05, 4.69) is 37.9 Å². The van der Waals surface area contributed by atoms with E-state index in [0.29, 0.717) is 18.2 Å². The summed E-state index contributed by atoms with van der Waals surface area (Å²) in [6.07, 6.45) is 1.38. The van der Waals surface area contributed by atoms with Crippen LogP contribution in [0.5, 0.6) is 0 Å². The zero-order chi connectivity index (χ0) is 18.2. The number of nitrogens with zero attached hydrogens (tertiary/aromatic N) is 2. The van der Waals surface area contributed by atoms with Gasteiger partial charge in [-0.1, -0.05) is 0 Å². The first-order chi connectivity index (χ1) is 11.9. The van der Waals surface area contributed by atoms with Crippen molar-refractivity contribution >= 4 is 35.0 Å². The van der Waals surface area contributed by atoms with Gasteiger partial charge in [-0.2, -0.15) is 0 Å². The Balaban J connectivity index is 1.68. The molecular weight excluding hydrogens is 334 g/mol. The number of benzene rings is 1. The maximum absolute atomic E-state index is 12.7. The van der Waals surface area contributed by atoms with Crippen LogP contribution in [0.2, 0.25) is 0 Å². The summed E-state index contributed by atoms with van der Waals surface area (Å²) in [5.74, 6) is 0.678. The molecule has 0 aromatic heterocycles. The summed E-state index contributed by atoms with van der Waals surface area (Å²) >= 11 is 1.72. The van der Waals surface area contributed by atoms with Gasteiger partial charge < -0.3 is 15.1 Å². The molecule has 2 saturated heterocycles. The standard InChI is InChI=1S/C19H27N3O2S/c1-5-21(13(2)3)15-8-6-14(7-9-15)20-18(24)16-12-25-19(4)11-10-17(23)22(16)19/h6-9,13,16H,5,10-12H2,1-4H3,(H,20,24)/t16-,19+/m1/s1. The highest BCUT2D eigenvalue weighted by molar-refractivity contribution is 8.01. The van der Waals surface area contributed by atoms with Crippen LogP contribution in [0.1, 0.15) is 40.5 Å². The van der Waals surface area contributed by atoms with Crippen molar-refractivity contribution in [2.45, 2.75) is 57.5 Å². The minimum absolute atomic E-state index is 0.0876. The topological polar surface area (TPSA) is 52.7 Å². The molecule has 0 spiro atoms. The predicted octanol–water partition coefficient (Wildman–Crippen LogP) is 3.31. The lowest BCUT2D eigenvalue weighted by molar-refractivity contribution is -0.135. The average Bonchev–Trinajstić information content (AvgIpc) is 3.06. The van der Waals surface area contributed by atoms with E-state index in [1.807, 2.05) is 24.3 Å². The van der Waals surface area contributed by atoms with Crippen molar-refractivity contribution in [1.29, 1.82) is 0 Å². The first kappa shape index (κ1) is 18.1. The van der Waals surface area contributed by atoms with Gasteiger partial charge in [0.15, 0.2) is 0 Å². The van der Waals surface area contributed by atoms with Crippen LogP contribution in [0.15, 0.2) is 24.3 Å². The van der Waals surface area contributed by atoms with Gasteiger partial charge in [-0.3, -0.25) is 9.59 Å². The quantitative estimate of drug-likeness (QED) is 0.874. The van der Waals surface area contributed by atoms with E-state index in [0.717, 1.165) is 24.3 Å². The fraction of sp³-hybridized carbons (Fsp3) is 0.579. The van der Waals surface area contributed by atoms with E-state index in [1.54, 1.807) is 16.7 Å². The number of carbonyl (C=O) groups excluding carboxylic acids is 2. The molecular formula is C19H27N3O2S. The molecule has 6 heteroatoms. The van der Waals surface area contributed by atoms with Gasteiger partial charge in [-0.25, -0.2) is 0 Å². The molecule has 2 atom stereocenters. The monoisotopic (exact) mass is 361 g/mol. The molecule has 5 nitrogen and oxygen atoms in total. The van der Waals surface area contributed by atoms with Gasteiger partial charge in [-0.05, 0) is 58.4 Å². The molecule has 2 heterocycles. The Morgan fingerprint density at radius 3 is 2.68 bits per heavy atom. The lowest BCUT2D eigenvalue weighted by Gasteiger charge is -2.30. The number of hydrogen-bond acceptors (Lipinski definition) is 4. The SMILES string of the molecule is CCN(c1ccc(NC(=O)[C@H]2CS[C@@]3(C)CCC(=O)N23)cc1)C(C)C. The van der Waals surface area contributed by atoms with Gasteiger partial charge in [0, 0.05) is 36.1 Å². The predicted molar refractivity (Wildman–Crippen MR) is 104 cm³/mol. The summed E-state index contributed by atoms with van der Waals surface area (Å²) in [5, 5.41) is 2.98. The number of rotatable bonds is 5. The number of fused-ring (bicyclic) bond motifs is 1. The van der Waals surface area contributed by atoms with Gasteiger partial charge in [0.25, 0.3) is 0 Å². The average molecular weight is 362 g/mol. The molecule has 0 radical (unpaired) electrons. The summed E-state index contributed by atoms with van der Waals surface area (Å²) in [6, 6.07) is 8.00. The highest BCUT2D eigenvalue weighted by Gasteiger charge is 2.52. The Kier molecular flexibility index (Phi) is 5.00. The van der Waals surface area contributed by atoms with Gasteiger partial charge in [0.2, 0.25) is 11.8 Å². The van der Waals surface area contributed by atoms with Crippen LogP contribution in [0, 0.1) is 0 Å². The van der Waals surface area contributed by atoms with E-state index in [9.17, 15) is 9.59 Å². The molecule has 25 heavy (non-hydrogen) atoms. The summed E-state index contributed by atoms with van der Waals surface area (Å²) in [7, 11) is 0. The smallest absolute Gasteiger partial charge is 0.248 e. The Morgan fingerprint density at radius 1 is 1.40 bits per heavy atom. The van der Waals surface area contributed by atoms with Crippen molar-refractivity contribution in [2.75, 3.05) is 22.5 Å². The molecule has 1 aromatic rings. The fourth-order valence-corrected chi connectivity index (χ4v) is 5.25. The summed E-state index contributed by atoms with van der Waals surface area (Å²) in [4.78, 5) is 28.8. The first-order valence-electron chi connectivity index (χ1n) is 8.99. The minimum atomic E-state index is -0.368. The Morgan fingerprint density at radius 2 is 2.08 bits per heavy atom. The number of anilines is 2. The Hall–Kier alpha value is -1.69. The molecule has 1 aromatic carbocycles. The molecule has 2 aliphatic rings. The molecule has 0 unspecified atom stereocenters. The molecule has 0 bridgehead atoms. The lowest BCUT2D eigenvalue weighted by Crippen LogP contribution is -2.48. The van der Waals surface area contributed by atoms with Crippen molar-refractivity contribution in [2.24, 2.45) is 0 Å². The maximum atomic E-state index is 12.7. The second-order valence-electron chi connectivity index (χ2n) is 7.18. The number of carbonyl (C=O) groups is 2. The Labute approximate surface area is 154 Å². The molecule has 2 fully saturated rings. The highest BCUT2D eigenvalue weighted by atomic mass is 32.2. The van der Waals surface area contributed by atoms with Crippen molar-refractivity contribution in [3.63, 3.8) is 0 Å². The normalized spacial score (nSPS) is 25.4. The molecule has 0 saturated carbocycles. The van der Waals surface area contributed by atoms with E-state index in [1.165, 1.54) is 0 Å². The van der Waals surface area contributed by atoms with Gasteiger partial charge in [0.05, 0.1) is 4.87 Å². The van der Waals surface area contributed by atoms with Crippen LogP contribution >= 0.6 is 11.8 Å². The van der Waals surface area contributed by atoms with E-state index < -0.39 is 0 Å². The van der Waals surface area contributed by atoms with Crippen molar-refractivity contribution in [1.82, 2.24) is 4.90 Å². The van der Waals surface area contributed by atoms with Gasteiger partial charge >= 0.3 is 0 Å². The van der Waals surface area contributed by atoms with Crippen LogP contribution in [-0.2, 0) is 9.59 Å². The summed E-state index contributed by atoms with van der Waals surface area (Å²) < 4.78 is 0.